The number of hydrogen-bond donors (Lipinski definition) is 2. The average molecular weight is 437 g/mol. The first-order chi connectivity index (χ1) is 15.0. The number of allylic oxidation sites excluding steroid dienone is 1. The quantitative estimate of drug-likeness (QED) is 0.475. The van der Waals surface area contributed by atoms with E-state index in [1.807, 2.05) is 48.5 Å². The number of anilines is 2. The first-order valence-electron chi connectivity index (χ1n) is 10.1. The van der Waals surface area contributed by atoms with Crippen molar-refractivity contribution in [3.8, 4) is 0 Å². The van der Waals surface area contributed by atoms with Gasteiger partial charge in [0, 0.05) is 28.3 Å². The summed E-state index contributed by atoms with van der Waals surface area (Å²) in [4.78, 5) is 13.4. The van der Waals surface area contributed by atoms with E-state index in [0.717, 1.165) is 40.8 Å². The van der Waals surface area contributed by atoms with Crippen LogP contribution in [-0.4, -0.2) is 5.78 Å². The molecule has 0 spiro atoms. The van der Waals surface area contributed by atoms with Gasteiger partial charge in [-0.25, -0.2) is 8.78 Å². The van der Waals surface area contributed by atoms with Gasteiger partial charge in [-0.2, -0.15) is 0 Å². The molecule has 0 saturated heterocycles. The highest BCUT2D eigenvalue weighted by Gasteiger charge is 2.37. The molecule has 3 aromatic carbocycles. The zero-order valence-corrected chi connectivity index (χ0v) is 17.2. The number of hydrogen-bond acceptors (Lipinski definition) is 3. The average Bonchev–Trinajstić information content (AvgIpc) is 2.92. The third-order valence-corrected chi connectivity index (χ3v) is 6.17. The van der Waals surface area contributed by atoms with Gasteiger partial charge >= 0.3 is 0 Å². The molecular weight excluding hydrogens is 418 g/mol. The summed E-state index contributed by atoms with van der Waals surface area (Å²) in [7, 11) is 0. The minimum Gasteiger partial charge on any atom is -0.372 e. The molecule has 31 heavy (non-hydrogen) atoms. The van der Waals surface area contributed by atoms with E-state index in [1.54, 1.807) is 0 Å². The minimum atomic E-state index is -0.791. The summed E-state index contributed by atoms with van der Waals surface area (Å²) in [6.45, 7) is 0. The third kappa shape index (κ3) is 3.70. The molecule has 2 unspecified atom stereocenters. The van der Waals surface area contributed by atoms with E-state index in [-0.39, 0.29) is 23.7 Å². The minimum absolute atomic E-state index is 0.0284. The Morgan fingerprint density at radius 2 is 1.65 bits per heavy atom. The van der Waals surface area contributed by atoms with Crippen LogP contribution in [0.3, 0.4) is 0 Å². The van der Waals surface area contributed by atoms with Crippen molar-refractivity contribution < 1.29 is 13.6 Å². The van der Waals surface area contributed by atoms with E-state index in [1.165, 1.54) is 0 Å². The van der Waals surface area contributed by atoms with Crippen LogP contribution >= 0.6 is 11.6 Å². The topological polar surface area (TPSA) is 41.1 Å². The van der Waals surface area contributed by atoms with Gasteiger partial charge < -0.3 is 10.6 Å². The first-order valence-corrected chi connectivity index (χ1v) is 10.5. The molecule has 2 atom stereocenters. The molecule has 0 fully saturated rings. The van der Waals surface area contributed by atoms with Gasteiger partial charge in [-0.05, 0) is 60.4 Å². The number of ketones is 1. The second-order valence-corrected chi connectivity index (χ2v) is 8.32. The molecular formula is C25H19ClF2N2O. The van der Waals surface area contributed by atoms with E-state index in [4.69, 9.17) is 11.6 Å². The lowest BCUT2D eigenvalue weighted by molar-refractivity contribution is -0.116. The molecule has 0 aromatic heterocycles. The summed E-state index contributed by atoms with van der Waals surface area (Å²) in [5, 5.41) is 7.30. The Bertz CT molecular complexity index is 1210. The number of benzene rings is 3. The summed E-state index contributed by atoms with van der Waals surface area (Å²) in [5.74, 6) is -1.23. The van der Waals surface area contributed by atoms with E-state index in [0.29, 0.717) is 17.0 Å². The monoisotopic (exact) mass is 436 g/mol. The molecule has 1 aliphatic carbocycles. The molecule has 1 aliphatic heterocycles. The Morgan fingerprint density at radius 3 is 2.42 bits per heavy atom. The molecule has 0 radical (unpaired) electrons. The summed E-state index contributed by atoms with van der Waals surface area (Å²) in [6, 6.07) is 17.5. The molecule has 156 valence electrons. The lowest BCUT2D eigenvalue weighted by Crippen LogP contribution is -2.27. The summed E-state index contributed by atoms with van der Waals surface area (Å²) >= 11 is 6.02. The molecule has 2 N–H and O–H groups in total. The van der Waals surface area contributed by atoms with Crippen LogP contribution in [-0.2, 0) is 4.79 Å². The summed E-state index contributed by atoms with van der Waals surface area (Å²) < 4.78 is 28.8. The predicted molar refractivity (Wildman–Crippen MR) is 118 cm³/mol. The van der Waals surface area contributed by atoms with E-state index < -0.39 is 17.7 Å². The smallest absolute Gasteiger partial charge is 0.163 e. The zero-order valence-electron chi connectivity index (χ0n) is 16.5. The van der Waals surface area contributed by atoms with Gasteiger partial charge in [0.05, 0.1) is 17.4 Å². The van der Waals surface area contributed by atoms with Crippen LogP contribution in [0.25, 0.3) is 0 Å². The number of halogens is 3. The van der Waals surface area contributed by atoms with E-state index >= 15 is 0 Å². The number of fused-ring (bicyclic) bond motifs is 1. The first kappa shape index (κ1) is 19.8. The summed E-state index contributed by atoms with van der Waals surface area (Å²) in [5.41, 5.74) is 3.82. The third-order valence-electron chi connectivity index (χ3n) is 5.92. The predicted octanol–water partition coefficient (Wildman–Crippen LogP) is 6.60. The molecule has 3 aromatic rings. The fourth-order valence-electron chi connectivity index (χ4n) is 4.43. The maximum Gasteiger partial charge on any atom is 0.163 e. The van der Waals surface area contributed by atoms with Crippen molar-refractivity contribution >= 4 is 28.8 Å². The Hall–Kier alpha value is -3.18. The van der Waals surface area contributed by atoms with Crippen molar-refractivity contribution in [2.45, 2.75) is 24.8 Å². The highest BCUT2D eigenvalue weighted by molar-refractivity contribution is 6.30. The number of Topliss-reactive ketones (excluding diaryl/α,β-unsaturated/α-hetero) is 1. The van der Waals surface area contributed by atoms with Gasteiger partial charge in [-0.1, -0.05) is 35.9 Å². The molecule has 3 nitrogen and oxygen atoms in total. The van der Waals surface area contributed by atoms with E-state index in [2.05, 4.69) is 10.6 Å². The van der Waals surface area contributed by atoms with Crippen LogP contribution in [0.1, 0.15) is 35.9 Å². The molecule has 6 heteroatoms. The lowest BCUT2D eigenvalue weighted by Gasteiger charge is -2.30. The normalized spacial score (nSPS) is 20.3. The van der Waals surface area contributed by atoms with Crippen LogP contribution < -0.4 is 10.6 Å². The molecule has 0 saturated carbocycles. The van der Waals surface area contributed by atoms with Gasteiger partial charge in [0.1, 0.15) is 11.6 Å². The van der Waals surface area contributed by atoms with Gasteiger partial charge in [0.2, 0.25) is 0 Å². The van der Waals surface area contributed by atoms with Crippen molar-refractivity contribution in [2.24, 2.45) is 0 Å². The fourth-order valence-corrected chi connectivity index (χ4v) is 4.56. The van der Waals surface area contributed by atoms with E-state index in [9.17, 15) is 13.6 Å². The van der Waals surface area contributed by atoms with Crippen LogP contribution in [0.4, 0.5) is 20.2 Å². The van der Waals surface area contributed by atoms with Gasteiger partial charge in [0.25, 0.3) is 0 Å². The SMILES string of the molecule is O=C1CC(c2ccc(Cl)cc2)CC2=C1C(c1cc(F)ccc1F)Nc1ccccc1N2. The van der Waals surface area contributed by atoms with Crippen molar-refractivity contribution in [2.75, 3.05) is 10.6 Å². The highest BCUT2D eigenvalue weighted by atomic mass is 35.5. The maximum atomic E-state index is 14.8. The molecule has 1 heterocycles. The van der Waals surface area contributed by atoms with Crippen LogP contribution in [0.5, 0.6) is 0 Å². The standard InChI is InChI=1S/C25H19ClF2N2O/c26-16-7-5-14(6-8-16)15-11-22-24(23(31)12-15)25(18-13-17(27)9-10-19(18)28)30-21-4-2-1-3-20(21)29-22/h1-10,13,15,25,29-30H,11-12H2. The lowest BCUT2D eigenvalue weighted by atomic mass is 9.78. The fraction of sp³-hybridized carbons (Fsp3) is 0.160. The Labute approximate surface area is 183 Å². The summed E-state index contributed by atoms with van der Waals surface area (Å²) in [6.07, 6.45) is 0.861. The number of rotatable bonds is 2. The van der Waals surface area contributed by atoms with Crippen LogP contribution in [0.2, 0.25) is 5.02 Å². The molecule has 2 aliphatic rings. The van der Waals surface area contributed by atoms with Gasteiger partial charge in [0.15, 0.2) is 5.78 Å². The largest absolute Gasteiger partial charge is 0.372 e. The van der Waals surface area contributed by atoms with Crippen molar-refractivity contribution in [3.05, 3.63) is 106 Å². The molecule has 0 bridgehead atoms. The maximum absolute atomic E-state index is 14.8. The van der Waals surface area contributed by atoms with Crippen LogP contribution in [0, 0.1) is 11.6 Å². The molecule has 5 rings (SSSR count). The van der Waals surface area contributed by atoms with Crippen molar-refractivity contribution in [1.29, 1.82) is 0 Å². The Morgan fingerprint density at radius 1 is 0.903 bits per heavy atom. The Balaban J connectivity index is 1.63. The van der Waals surface area contributed by atoms with Crippen molar-refractivity contribution in [1.82, 2.24) is 0 Å². The van der Waals surface area contributed by atoms with Gasteiger partial charge in [-0.15, -0.1) is 0 Å². The van der Waals surface area contributed by atoms with Crippen LogP contribution in [0.15, 0.2) is 78.0 Å². The second kappa shape index (κ2) is 7.82. The zero-order chi connectivity index (χ0) is 21.5. The number of carbonyl (C=O) groups is 1. The number of nitrogens with one attached hydrogen (secondary N) is 2. The number of para-hydroxylation sites is 2. The Kier molecular flexibility index (Phi) is 4.98. The van der Waals surface area contributed by atoms with Crippen molar-refractivity contribution in [3.63, 3.8) is 0 Å². The highest BCUT2D eigenvalue weighted by Crippen LogP contribution is 2.44. The second-order valence-electron chi connectivity index (χ2n) is 7.89. The molecule has 0 amide bonds. The van der Waals surface area contributed by atoms with Gasteiger partial charge in [-0.3, -0.25) is 4.79 Å². The number of carbonyl (C=O) groups excluding carboxylic acids is 1.